The van der Waals surface area contributed by atoms with E-state index in [4.69, 9.17) is 9.47 Å². The lowest BCUT2D eigenvalue weighted by molar-refractivity contribution is 0.0720. The van der Waals surface area contributed by atoms with E-state index in [-0.39, 0.29) is 11.6 Å². The van der Waals surface area contributed by atoms with Crippen LogP contribution in [0.3, 0.4) is 0 Å². The monoisotopic (exact) mass is 268 g/mol. The third-order valence-corrected chi connectivity index (χ3v) is 3.23. The molecule has 1 aliphatic rings. The Kier molecular flexibility index (Phi) is 2.99. The highest BCUT2D eigenvalue weighted by atomic mass is 16.5. The molecule has 4 heteroatoms. The first-order valence-electron chi connectivity index (χ1n) is 6.19. The van der Waals surface area contributed by atoms with Crippen LogP contribution in [0, 0.1) is 0 Å². The van der Waals surface area contributed by atoms with Gasteiger partial charge >= 0.3 is 0 Å². The quantitative estimate of drug-likeness (QED) is 0.634. The fourth-order valence-corrected chi connectivity index (χ4v) is 2.18. The van der Waals surface area contributed by atoms with Gasteiger partial charge in [-0.15, -0.1) is 0 Å². The lowest BCUT2D eigenvalue weighted by Crippen LogP contribution is -2.30. The van der Waals surface area contributed by atoms with Gasteiger partial charge in [0.05, 0.1) is 12.7 Å². The zero-order chi connectivity index (χ0) is 14.1. The third kappa shape index (κ3) is 1.95. The molecule has 4 nitrogen and oxygen atoms in total. The molecule has 0 spiro atoms. The van der Waals surface area contributed by atoms with Crippen LogP contribution in [-0.4, -0.2) is 24.8 Å². The number of Topliss-reactive ketones (excluding diaryl/α,β-unsaturated/α-hetero) is 2. The number of benzene rings is 2. The average Bonchev–Trinajstić information content (AvgIpc) is 2.84. The Labute approximate surface area is 115 Å². The molecule has 1 heterocycles. The van der Waals surface area contributed by atoms with Crippen LogP contribution < -0.4 is 9.47 Å². The number of methoxy groups -OCH3 is 1. The standard InChI is InChI=1S/C16H12O4/c1-19-11-7-8-12-13(9-11)20-16(15(12)18)14(17)10-5-3-2-4-6-10/h2-9,16H,1H3. The van der Waals surface area contributed by atoms with Gasteiger partial charge in [0.25, 0.3) is 0 Å². The maximum atomic E-state index is 12.3. The summed E-state index contributed by atoms with van der Waals surface area (Å²) in [6, 6.07) is 13.6. The van der Waals surface area contributed by atoms with Crippen LogP contribution in [0.5, 0.6) is 11.5 Å². The summed E-state index contributed by atoms with van der Waals surface area (Å²) in [4.78, 5) is 24.5. The summed E-state index contributed by atoms with van der Waals surface area (Å²) >= 11 is 0. The normalized spacial score (nSPS) is 16.4. The van der Waals surface area contributed by atoms with Crippen molar-refractivity contribution in [1.29, 1.82) is 0 Å². The molecule has 0 bridgehead atoms. The molecule has 100 valence electrons. The van der Waals surface area contributed by atoms with E-state index >= 15 is 0 Å². The predicted octanol–water partition coefficient (Wildman–Crippen LogP) is 2.52. The second-order valence-electron chi connectivity index (χ2n) is 4.45. The molecule has 1 atom stereocenters. The highest BCUT2D eigenvalue weighted by molar-refractivity contribution is 6.21. The SMILES string of the molecule is COc1ccc2c(c1)OC(C(=O)c1ccccc1)C2=O. The topological polar surface area (TPSA) is 52.6 Å². The zero-order valence-corrected chi connectivity index (χ0v) is 10.8. The van der Waals surface area contributed by atoms with Crippen LogP contribution in [0.2, 0.25) is 0 Å². The number of ketones is 2. The molecule has 0 fully saturated rings. The number of hydrogen-bond donors (Lipinski definition) is 0. The Hall–Kier alpha value is -2.62. The van der Waals surface area contributed by atoms with Crippen molar-refractivity contribution >= 4 is 11.6 Å². The van der Waals surface area contributed by atoms with Crippen molar-refractivity contribution in [3.8, 4) is 11.5 Å². The minimum absolute atomic E-state index is 0.309. The van der Waals surface area contributed by atoms with E-state index in [1.807, 2.05) is 6.07 Å². The first-order chi connectivity index (χ1) is 9.70. The van der Waals surface area contributed by atoms with Crippen molar-refractivity contribution in [2.75, 3.05) is 7.11 Å². The molecule has 2 aromatic carbocycles. The largest absolute Gasteiger partial charge is 0.497 e. The molecular weight excluding hydrogens is 256 g/mol. The van der Waals surface area contributed by atoms with E-state index in [0.717, 1.165) is 0 Å². The Balaban J connectivity index is 1.92. The molecule has 0 saturated heterocycles. The fraction of sp³-hybridized carbons (Fsp3) is 0.125. The van der Waals surface area contributed by atoms with E-state index in [2.05, 4.69) is 0 Å². The lowest BCUT2D eigenvalue weighted by atomic mass is 10.0. The molecule has 0 N–H and O–H groups in total. The Morgan fingerprint density at radius 3 is 2.60 bits per heavy atom. The molecule has 0 saturated carbocycles. The van der Waals surface area contributed by atoms with Gasteiger partial charge in [0.1, 0.15) is 11.5 Å². The van der Waals surface area contributed by atoms with Gasteiger partial charge in [-0.3, -0.25) is 9.59 Å². The Bertz CT molecular complexity index is 676. The molecule has 3 rings (SSSR count). The van der Waals surface area contributed by atoms with Gasteiger partial charge in [-0.05, 0) is 12.1 Å². The maximum absolute atomic E-state index is 12.3. The summed E-state index contributed by atoms with van der Waals surface area (Å²) in [5.41, 5.74) is 0.880. The van der Waals surface area contributed by atoms with Gasteiger partial charge in [0.15, 0.2) is 0 Å². The summed E-state index contributed by atoms with van der Waals surface area (Å²) in [6.07, 6.45) is -1.10. The molecule has 1 aliphatic heterocycles. The predicted molar refractivity (Wildman–Crippen MR) is 72.5 cm³/mol. The van der Waals surface area contributed by atoms with E-state index in [9.17, 15) is 9.59 Å². The molecule has 0 aliphatic carbocycles. The van der Waals surface area contributed by atoms with Gasteiger partial charge in [0, 0.05) is 11.6 Å². The molecule has 2 aromatic rings. The number of ether oxygens (including phenoxy) is 2. The minimum atomic E-state index is -1.10. The van der Waals surface area contributed by atoms with Gasteiger partial charge in [-0.1, -0.05) is 30.3 Å². The number of rotatable bonds is 3. The molecule has 0 amide bonds. The molecule has 1 unspecified atom stereocenters. The maximum Gasteiger partial charge on any atom is 0.224 e. The highest BCUT2D eigenvalue weighted by Gasteiger charge is 2.38. The number of fused-ring (bicyclic) bond motifs is 1. The second-order valence-corrected chi connectivity index (χ2v) is 4.45. The summed E-state index contributed by atoms with van der Waals surface area (Å²) in [7, 11) is 1.53. The summed E-state index contributed by atoms with van der Waals surface area (Å²) in [5, 5.41) is 0. The molecular formula is C16H12O4. The number of hydrogen-bond acceptors (Lipinski definition) is 4. The molecule has 20 heavy (non-hydrogen) atoms. The van der Waals surface area contributed by atoms with Crippen LogP contribution >= 0.6 is 0 Å². The summed E-state index contributed by atoms with van der Waals surface area (Å²) < 4.78 is 10.6. The van der Waals surface area contributed by atoms with Crippen molar-refractivity contribution in [1.82, 2.24) is 0 Å². The first kappa shape index (κ1) is 12.4. The molecule has 0 radical (unpaired) electrons. The molecule has 0 aromatic heterocycles. The number of carbonyl (C=O) groups is 2. The van der Waals surface area contributed by atoms with Crippen molar-refractivity contribution in [2.24, 2.45) is 0 Å². The number of carbonyl (C=O) groups excluding carboxylic acids is 2. The fourth-order valence-electron chi connectivity index (χ4n) is 2.18. The summed E-state index contributed by atoms with van der Waals surface area (Å²) in [5.74, 6) is 0.343. The first-order valence-corrected chi connectivity index (χ1v) is 6.19. The van der Waals surface area contributed by atoms with Gasteiger partial charge in [0.2, 0.25) is 17.7 Å². The van der Waals surface area contributed by atoms with E-state index < -0.39 is 6.10 Å². The van der Waals surface area contributed by atoms with Gasteiger partial charge in [-0.25, -0.2) is 0 Å². The Morgan fingerprint density at radius 2 is 1.90 bits per heavy atom. The van der Waals surface area contributed by atoms with Crippen molar-refractivity contribution in [2.45, 2.75) is 6.10 Å². The van der Waals surface area contributed by atoms with Crippen LogP contribution in [-0.2, 0) is 0 Å². The zero-order valence-electron chi connectivity index (χ0n) is 10.8. The van der Waals surface area contributed by atoms with Crippen molar-refractivity contribution in [3.63, 3.8) is 0 Å². The van der Waals surface area contributed by atoms with Crippen molar-refractivity contribution in [3.05, 3.63) is 59.7 Å². The second kappa shape index (κ2) is 4.81. The average molecular weight is 268 g/mol. The van der Waals surface area contributed by atoms with Crippen LogP contribution in [0.25, 0.3) is 0 Å². The van der Waals surface area contributed by atoms with Crippen molar-refractivity contribution < 1.29 is 19.1 Å². The van der Waals surface area contributed by atoms with E-state index in [1.165, 1.54) is 7.11 Å². The van der Waals surface area contributed by atoms with Gasteiger partial charge < -0.3 is 9.47 Å². The van der Waals surface area contributed by atoms with E-state index in [1.54, 1.807) is 42.5 Å². The van der Waals surface area contributed by atoms with Crippen LogP contribution in [0.1, 0.15) is 20.7 Å². The van der Waals surface area contributed by atoms with E-state index in [0.29, 0.717) is 22.6 Å². The Morgan fingerprint density at radius 1 is 1.15 bits per heavy atom. The van der Waals surface area contributed by atoms with Crippen LogP contribution in [0.15, 0.2) is 48.5 Å². The minimum Gasteiger partial charge on any atom is -0.497 e. The summed E-state index contributed by atoms with van der Waals surface area (Å²) in [6.45, 7) is 0. The third-order valence-electron chi connectivity index (χ3n) is 3.23. The van der Waals surface area contributed by atoms with Gasteiger partial charge in [-0.2, -0.15) is 0 Å². The lowest BCUT2D eigenvalue weighted by Gasteiger charge is -2.08. The van der Waals surface area contributed by atoms with Crippen LogP contribution in [0.4, 0.5) is 0 Å². The smallest absolute Gasteiger partial charge is 0.224 e. The highest BCUT2D eigenvalue weighted by Crippen LogP contribution is 2.33.